The normalized spacial score (nSPS) is 19.7. The summed E-state index contributed by atoms with van der Waals surface area (Å²) in [5.74, 6) is 0.0111. The summed E-state index contributed by atoms with van der Waals surface area (Å²) in [7, 11) is 1.76. The maximum Gasteiger partial charge on any atom is 0.251 e. The molecule has 1 fully saturated rings. The highest BCUT2D eigenvalue weighted by Crippen LogP contribution is 2.28. The third-order valence-corrected chi connectivity index (χ3v) is 5.28. The molecule has 0 bridgehead atoms. The molecule has 2 aromatic carbocycles. The largest absolute Gasteiger partial charge is 0.348 e. The summed E-state index contributed by atoms with van der Waals surface area (Å²) in [6, 6.07) is 16.1. The van der Waals surface area contributed by atoms with Crippen molar-refractivity contribution in [3.63, 3.8) is 0 Å². The van der Waals surface area contributed by atoms with Gasteiger partial charge >= 0.3 is 0 Å². The second kappa shape index (κ2) is 6.92. The maximum absolute atomic E-state index is 12.6. The number of nitrogens with zero attached hydrogens (tertiary/aromatic N) is 2. The summed E-state index contributed by atoms with van der Waals surface area (Å²) in [5, 5.41) is 3.14. The standard InChI is InChI=1S/C21H23N3O2/c1-23-19-11-17(8-7-16(19)12-20(23)25)21(26)22-18-9-10-24(14-18)13-15-5-3-2-4-6-15/h2-8,11,18H,9-10,12-14H2,1H3,(H,22,26). The summed E-state index contributed by atoms with van der Waals surface area (Å²) in [4.78, 5) is 28.4. The van der Waals surface area contributed by atoms with E-state index < -0.39 is 0 Å². The minimum Gasteiger partial charge on any atom is -0.348 e. The van der Waals surface area contributed by atoms with E-state index in [-0.39, 0.29) is 17.9 Å². The fraction of sp³-hybridized carbons (Fsp3) is 0.333. The van der Waals surface area contributed by atoms with Crippen LogP contribution in [0.3, 0.4) is 0 Å². The van der Waals surface area contributed by atoms with Crippen LogP contribution in [0.4, 0.5) is 5.69 Å². The zero-order valence-corrected chi connectivity index (χ0v) is 14.9. The molecular weight excluding hydrogens is 326 g/mol. The lowest BCUT2D eigenvalue weighted by molar-refractivity contribution is -0.117. The summed E-state index contributed by atoms with van der Waals surface area (Å²) in [6.45, 7) is 2.77. The van der Waals surface area contributed by atoms with Crippen molar-refractivity contribution in [1.29, 1.82) is 0 Å². The molecule has 0 saturated carbocycles. The first-order valence-electron chi connectivity index (χ1n) is 9.07. The van der Waals surface area contributed by atoms with E-state index in [1.54, 1.807) is 11.9 Å². The lowest BCUT2D eigenvalue weighted by Gasteiger charge is -2.17. The van der Waals surface area contributed by atoms with Crippen LogP contribution >= 0.6 is 0 Å². The van der Waals surface area contributed by atoms with Crippen LogP contribution in [0.2, 0.25) is 0 Å². The number of amides is 2. The molecule has 2 aliphatic heterocycles. The van der Waals surface area contributed by atoms with Crippen LogP contribution in [0.15, 0.2) is 48.5 Å². The molecule has 2 amide bonds. The van der Waals surface area contributed by atoms with Crippen molar-refractivity contribution in [2.45, 2.75) is 25.4 Å². The lowest BCUT2D eigenvalue weighted by Crippen LogP contribution is -2.37. The van der Waals surface area contributed by atoms with Crippen molar-refractivity contribution in [3.8, 4) is 0 Å². The van der Waals surface area contributed by atoms with Gasteiger partial charge in [-0.25, -0.2) is 0 Å². The summed E-state index contributed by atoms with van der Waals surface area (Å²) in [5.41, 5.74) is 3.75. The Morgan fingerprint density at radius 3 is 2.81 bits per heavy atom. The number of fused-ring (bicyclic) bond motifs is 1. The number of carbonyl (C=O) groups is 2. The Bertz CT molecular complexity index is 834. The number of anilines is 1. The van der Waals surface area contributed by atoms with Crippen LogP contribution in [0.5, 0.6) is 0 Å². The van der Waals surface area contributed by atoms with Crippen LogP contribution in [0.25, 0.3) is 0 Å². The Balaban J connectivity index is 1.37. The first kappa shape index (κ1) is 16.8. The van der Waals surface area contributed by atoms with E-state index in [2.05, 4.69) is 34.5 Å². The molecule has 134 valence electrons. The van der Waals surface area contributed by atoms with Gasteiger partial charge in [0.2, 0.25) is 5.91 Å². The molecule has 2 aromatic rings. The number of carbonyl (C=O) groups excluding carboxylic acids is 2. The van der Waals surface area contributed by atoms with E-state index in [4.69, 9.17) is 0 Å². The molecule has 0 radical (unpaired) electrons. The smallest absolute Gasteiger partial charge is 0.251 e. The van der Waals surface area contributed by atoms with Gasteiger partial charge in [0, 0.05) is 44.0 Å². The summed E-state index contributed by atoms with van der Waals surface area (Å²) >= 11 is 0. The van der Waals surface area contributed by atoms with Crippen LogP contribution in [-0.2, 0) is 17.8 Å². The van der Waals surface area contributed by atoms with Gasteiger partial charge in [0.1, 0.15) is 0 Å². The number of hydrogen-bond acceptors (Lipinski definition) is 3. The van der Waals surface area contributed by atoms with Gasteiger partial charge in [0.15, 0.2) is 0 Å². The lowest BCUT2D eigenvalue weighted by atomic mass is 10.1. The molecule has 0 aromatic heterocycles. The Kier molecular flexibility index (Phi) is 4.47. The number of rotatable bonds is 4. The van der Waals surface area contributed by atoms with Crippen molar-refractivity contribution in [1.82, 2.24) is 10.2 Å². The summed E-state index contributed by atoms with van der Waals surface area (Å²) in [6.07, 6.45) is 1.38. The van der Waals surface area contributed by atoms with E-state index in [1.165, 1.54) is 5.56 Å². The second-order valence-electron chi connectivity index (χ2n) is 7.15. The molecule has 0 spiro atoms. The van der Waals surface area contributed by atoms with Gasteiger partial charge in [-0.3, -0.25) is 14.5 Å². The number of hydrogen-bond donors (Lipinski definition) is 1. The zero-order chi connectivity index (χ0) is 18.1. The molecule has 1 unspecified atom stereocenters. The fourth-order valence-electron chi connectivity index (χ4n) is 3.79. The molecule has 5 heteroatoms. The van der Waals surface area contributed by atoms with Gasteiger partial charge in [-0.1, -0.05) is 36.4 Å². The number of likely N-dealkylation sites (N-methyl/N-ethyl adjacent to an activating group) is 1. The monoisotopic (exact) mass is 349 g/mol. The zero-order valence-electron chi connectivity index (χ0n) is 14.9. The van der Waals surface area contributed by atoms with Crippen molar-refractivity contribution in [2.24, 2.45) is 0 Å². The van der Waals surface area contributed by atoms with Crippen molar-refractivity contribution in [2.75, 3.05) is 25.0 Å². The minimum atomic E-state index is -0.0629. The van der Waals surface area contributed by atoms with Crippen molar-refractivity contribution in [3.05, 3.63) is 65.2 Å². The molecule has 2 heterocycles. The van der Waals surface area contributed by atoms with Gasteiger partial charge in [0.05, 0.1) is 6.42 Å². The first-order valence-corrected chi connectivity index (χ1v) is 9.07. The molecule has 1 atom stereocenters. The predicted octanol–water partition coefficient (Wildman–Crippen LogP) is 2.21. The van der Waals surface area contributed by atoms with Crippen molar-refractivity contribution >= 4 is 17.5 Å². The number of nitrogens with one attached hydrogen (secondary N) is 1. The molecule has 1 saturated heterocycles. The fourth-order valence-corrected chi connectivity index (χ4v) is 3.79. The molecule has 4 rings (SSSR count). The van der Waals surface area contributed by atoms with Gasteiger partial charge in [0.25, 0.3) is 5.91 Å². The molecule has 5 nitrogen and oxygen atoms in total. The Labute approximate surface area is 153 Å². The van der Waals surface area contributed by atoms with E-state index in [0.29, 0.717) is 12.0 Å². The van der Waals surface area contributed by atoms with Gasteiger partial charge in [-0.05, 0) is 29.7 Å². The average molecular weight is 349 g/mol. The summed E-state index contributed by atoms with van der Waals surface area (Å²) < 4.78 is 0. The number of benzene rings is 2. The highest BCUT2D eigenvalue weighted by atomic mass is 16.2. The highest BCUT2D eigenvalue weighted by molar-refractivity contribution is 6.03. The highest BCUT2D eigenvalue weighted by Gasteiger charge is 2.27. The van der Waals surface area contributed by atoms with Crippen molar-refractivity contribution < 1.29 is 9.59 Å². The Morgan fingerprint density at radius 2 is 2.00 bits per heavy atom. The van der Waals surface area contributed by atoms with Crippen LogP contribution in [-0.4, -0.2) is 42.9 Å². The SMILES string of the molecule is CN1C(=O)Cc2ccc(C(=O)NC3CCN(Cc4ccccc4)C3)cc21. The molecular formula is C21H23N3O2. The van der Waals surface area contributed by atoms with Crippen LogP contribution in [0.1, 0.15) is 27.9 Å². The topological polar surface area (TPSA) is 52.7 Å². The molecule has 26 heavy (non-hydrogen) atoms. The Hall–Kier alpha value is -2.66. The van der Waals surface area contributed by atoms with Crippen LogP contribution in [0, 0.1) is 0 Å². The third kappa shape index (κ3) is 3.35. The molecule has 2 aliphatic rings. The average Bonchev–Trinajstić information content (AvgIpc) is 3.20. The molecule has 1 N–H and O–H groups in total. The second-order valence-corrected chi connectivity index (χ2v) is 7.15. The minimum absolute atomic E-state index is 0.0629. The Morgan fingerprint density at radius 1 is 1.19 bits per heavy atom. The maximum atomic E-state index is 12.6. The van der Waals surface area contributed by atoms with E-state index in [9.17, 15) is 9.59 Å². The molecule has 0 aliphatic carbocycles. The predicted molar refractivity (Wildman–Crippen MR) is 101 cm³/mol. The van der Waals surface area contributed by atoms with Gasteiger partial charge < -0.3 is 10.2 Å². The van der Waals surface area contributed by atoms with Gasteiger partial charge in [-0.2, -0.15) is 0 Å². The quantitative estimate of drug-likeness (QED) is 0.921. The van der Waals surface area contributed by atoms with E-state index >= 15 is 0 Å². The van der Waals surface area contributed by atoms with Crippen LogP contribution < -0.4 is 10.2 Å². The van der Waals surface area contributed by atoms with E-state index in [0.717, 1.165) is 37.3 Å². The third-order valence-electron chi connectivity index (χ3n) is 5.28. The van der Waals surface area contributed by atoms with E-state index in [1.807, 2.05) is 24.3 Å². The number of likely N-dealkylation sites (tertiary alicyclic amines) is 1. The van der Waals surface area contributed by atoms with Gasteiger partial charge in [-0.15, -0.1) is 0 Å². The first-order chi connectivity index (χ1) is 12.6.